The number of ketones is 1. The SMILES string of the molecule is Cc1cc(C)c2c(c1O)C(=O)CC(c1cc(O)c(O)c(O)c1)O2. The van der Waals surface area contributed by atoms with E-state index in [0.29, 0.717) is 22.4 Å². The summed E-state index contributed by atoms with van der Waals surface area (Å²) >= 11 is 0. The molecule has 4 N–H and O–H groups in total. The zero-order valence-electron chi connectivity index (χ0n) is 12.6. The van der Waals surface area contributed by atoms with Crippen molar-refractivity contribution < 1.29 is 30.0 Å². The Morgan fingerprint density at radius 1 is 0.957 bits per heavy atom. The van der Waals surface area contributed by atoms with Gasteiger partial charge in [-0.3, -0.25) is 4.79 Å². The van der Waals surface area contributed by atoms with Crippen LogP contribution in [0.25, 0.3) is 0 Å². The lowest BCUT2D eigenvalue weighted by molar-refractivity contribution is 0.0842. The molecule has 6 heteroatoms. The fourth-order valence-corrected chi connectivity index (χ4v) is 2.82. The number of rotatable bonds is 1. The maximum atomic E-state index is 12.4. The van der Waals surface area contributed by atoms with Gasteiger partial charge in [0, 0.05) is 5.56 Å². The number of carbonyl (C=O) groups is 1. The molecule has 1 unspecified atom stereocenters. The van der Waals surface area contributed by atoms with Gasteiger partial charge in [0.1, 0.15) is 23.2 Å². The number of hydrogen-bond donors (Lipinski definition) is 4. The number of aromatic hydroxyl groups is 4. The molecule has 1 heterocycles. The van der Waals surface area contributed by atoms with E-state index in [0.717, 1.165) is 0 Å². The molecule has 6 nitrogen and oxygen atoms in total. The van der Waals surface area contributed by atoms with E-state index < -0.39 is 23.4 Å². The topological polar surface area (TPSA) is 107 Å². The molecule has 0 aromatic heterocycles. The molecule has 0 spiro atoms. The third kappa shape index (κ3) is 2.32. The van der Waals surface area contributed by atoms with Crippen LogP contribution in [0.5, 0.6) is 28.7 Å². The van der Waals surface area contributed by atoms with Crippen molar-refractivity contribution in [1.29, 1.82) is 0 Å². The van der Waals surface area contributed by atoms with Crippen LogP contribution in [0.1, 0.15) is 39.6 Å². The predicted octanol–water partition coefficient (Wildman–Crippen LogP) is 2.83. The van der Waals surface area contributed by atoms with E-state index in [1.54, 1.807) is 19.9 Å². The van der Waals surface area contributed by atoms with Gasteiger partial charge >= 0.3 is 0 Å². The van der Waals surface area contributed by atoms with Crippen LogP contribution in [0.3, 0.4) is 0 Å². The van der Waals surface area contributed by atoms with Crippen molar-refractivity contribution in [1.82, 2.24) is 0 Å². The smallest absolute Gasteiger partial charge is 0.200 e. The Balaban J connectivity index is 2.08. The first-order valence-corrected chi connectivity index (χ1v) is 7.07. The molecule has 120 valence electrons. The van der Waals surface area contributed by atoms with Gasteiger partial charge in [0.15, 0.2) is 23.0 Å². The van der Waals surface area contributed by atoms with Crippen LogP contribution in [-0.2, 0) is 0 Å². The second kappa shape index (κ2) is 5.08. The summed E-state index contributed by atoms with van der Waals surface area (Å²) in [4.78, 5) is 12.4. The zero-order chi connectivity index (χ0) is 16.9. The van der Waals surface area contributed by atoms with Gasteiger partial charge in [0.05, 0.1) is 6.42 Å². The third-order valence-corrected chi connectivity index (χ3v) is 4.00. The zero-order valence-corrected chi connectivity index (χ0v) is 12.6. The molecule has 3 rings (SSSR count). The number of phenolic OH excluding ortho intramolecular Hbond substituents is 4. The molecule has 0 saturated heterocycles. The lowest BCUT2D eigenvalue weighted by atomic mass is 9.92. The van der Waals surface area contributed by atoms with Crippen LogP contribution >= 0.6 is 0 Å². The molecule has 0 saturated carbocycles. The average Bonchev–Trinajstić information content (AvgIpc) is 2.49. The number of carbonyl (C=O) groups excluding carboxylic acids is 1. The van der Waals surface area contributed by atoms with Crippen molar-refractivity contribution in [2.45, 2.75) is 26.4 Å². The van der Waals surface area contributed by atoms with Crippen molar-refractivity contribution in [3.8, 4) is 28.7 Å². The Kier molecular flexibility index (Phi) is 3.32. The minimum Gasteiger partial charge on any atom is -0.507 e. The fraction of sp³-hybridized carbons (Fsp3) is 0.235. The van der Waals surface area contributed by atoms with E-state index in [-0.39, 0.29) is 23.5 Å². The number of Topliss-reactive ketones (excluding diaryl/α,β-unsaturated/α-hetero) is 1. The summed E-state index contributed by atoms with van der Waals surface area (Å²) in [6.07, 6.45) is -0.777. The van der Waals surface area contributed by atoms with Crippen molar-refractivity contribution in [3.05, 3.63) is 40.5 Å². The molecule has 0 amide bonds. The molecular formula is C17H16O6. The standard InChI is InChI=1S/C17H16O6/c1-7-3-8(2)17-14(15(7)21)10(18)6-13(23-17)9-4-11(19)16(22)12(20)5-9/h3-5,13,19-22H,6H2,1-2H3. The first-order chi connectivity index (χ1) is 10.8. The van der Waals surface area contributed by atoms with Crippen LogP contribution in [0.4, 0.5) is 0 Å². The van der Waals surface area contributed by atoms with Crippen LogP contribution in [0, 0.1) is 13.8 Å². The molecule has 2 aromatic carbocycles. The van der Waals surface area contributed by atoms with E-state index >= 15 is 0 Å². The number of aryl methyl sites for hydroxylation is 2. The van der Waals surface area contributed by atoms with E-state index in [4.69, 9.17) is 4.74 Å². The normalized spacial score (nSPS) is 16.8. The lowest BCUT2D eigenvalue weighted by Crippen LogP contribution is -2.21. The van der Waals surface area contributed by atoms with Gasteiger partial charge in [0.25, 0.3) is 0 Å². The lowest BCUT2D eigenvalue weighted by Gasteiger charge is -2.28. The largest absolute Gasteiger partial charge is 0.507 e. The third-order valence-electron chi connectivity index (χ3n) is 4.00. The highest BCUT2D eigenvalue weighted by Gasteiger charge is 2.32. The highest BCUT2D eigenvalue weighted by atomic mass is 16.5. The minimum atomic E-state index is -0.729. The fourth-order valence-electron chi connectivity index (χ4n) is 2.82. The summed E-state index contributed by atoms with van der Waals surface area (Å²) in [5.74, 6) is -1.70. The van der Waals surface area contributed by atoms with E-state index in [2.05, 4.69) is 0 Å². The molecule has 1 atom stereocenters. The Morgan fingerprint density at radius 2 is 1.57 bits per heavy atom. The second-order valence-corrected chi connectivity index (χ2v) is 5.70. The Bertz CT molecular complexity index is 801. The van der Waals surface area contributed by atoms with E-state index in [1.165, 1.54) is 12.1 Å². The maximum Gasteiger partial charge on any atom is 0.200 e. The van der Waals surface area contributed by atoms with E-state index in [9.17, 15) is 25.2 Å². The summed E-state index contributed by atoms with van der Waals surface area (Å²) in [6, 6.07) is 4.19. The van der Waals surface area contributed by atoms with Gasteiger partial charge in [-0.1, -0.05) is 0 Å². The number of hydrogen-bond acceptors (Lipinski definition) is 6. The molecule has 1 aliphatic rings. The van der Waals surface area contributed by atoms with Crippen LogP contribution in [0.15, 0.2) is 18.2 Å². The van der Waals surface area contributed by atoms with Crippen molar-refractivity contribution >= 4 is 5.78 Å². The minimum absolute atomic E-state index is 0.0485. The molecule has 0 radical (unpaired) electrons. The summed E-state index contributed by atoms with van der Waals surface area (Å²) in [5, 5.41) is 38.7. The first kappa shape index (κ1) is 15.0. The average molecular weight is 316 g/mol. The molecule has 2 aromatic rings. The monoisotopic (exact) mass is 316 g/mol. The summed E-state index contributed by atoms with van der Waals surface area (Å²) in [6.45, 7) is 3.48. The number of ether oxygens (including phenoxy) is 1. The maximum absolute atomic E-state index is 12.4. The number of fused-ring (bicyclic) bond motifs is 1. The highest BCUT2D eigenvalue weighted by Crippen LogP contribution is 2.45. The van der Waals surface area contributed by atoms with Gasteiger partial charge in [-0.25, -0.2) is 0 Å². The summed E-state index contributed by atoms with van der Waals surface area (Å²) < 4.78 is 5.82. The van der Waals surface area contributed by atoms with Crippen LogP contribution in [0.2, 0.25) is 0 Å². The summed E-state index contributed by atoms with van der Waals surface area (Å²) in [5.41, 5.74) is 1.82. The molecule has 0 bridgehead atoms. The van der Waals surface area contributed by atoms with Gasteiger partial charge in [-0.2, -0.15) is 0 Å². The van der Waals surface area contributed by atoms with Crippen molar-refractivity contribution in [3.63, 3.8) is 0 Å². The molecule has 0 aliphatic carbocycles. The summed E-state index contributed by atoms with van der Waals surface area (Å²) in [7, 11) is 0. The molecule has 23 heavy (non-hydrogen) atoms. The van der Waals surface area contributed by atoms with Crippen LogP contribution < -0.4 is 4.74 Å². The van der Waals surface area contributed by atoms with Gasteiger partial charge in [-0.15, -0.1) is 0 Å². The number of phenols is 4. The van der Waals surface area contributed by atoms with Crippen LogP contribution in [-0.4, -0.2) is 26.2 Å². The first-order valence-electron chi connectivity index (χ1n) is 7.07. The van der Waals surface area contributed by atoms with Gasteiger partial charge in [0.2, 0.25) is 0 Å². The Labute approximate surface area is 132 Å². The van der Waals surface area contributed by atoms with E-state index in [1.807, 2.05) is 0 Å². The second-order valence-electron chi connectivity index (χ2n) is 5.70. The molecule has 1 aliphatic heterocycles. The number of benzene rings is 2. The Morgan fingerprint density at radius 3 is 2.17 bits per heavy atom. The predicted molar refractivity (Wildman–Crippen MR) is 81.3 cm³/mol. The van der Waals surface area contributed by atoms with Crippen molar-refractivity contribution in [2.24, 2.45) is 0 Å². The van der Waals surface area contributed by atoms with Gasteiger partial charge < -0.3 is 25.2 Å². The quantitative estimate of drug-likeness (QED) is 0.603. The molecular weight excluding hydrogens is 300 g/mol. The highest BCUT2D eigenvalue weighted by molar-refractivity contribution is 6.03. The van der Waals surface area contributed by atoms with Crippen molar-refractivity contribution in [2.75, 3.05) is 0 Å². The van der Waals surface area contributed by atoms with Gasteiger partial charge in [-0.05, 0) is 43.2 Å². The Hall–Kier alpha value is -2.89. The molecule has 0 fully saturated rings.